The fraction of sp³-hybridized carbons (Fsp3) is 0.286. The van der Waals surface area contributed by atoms with Gasteiger partial charge in [-0.2, -0.15) is 4.98 Å². The molecule has 1 aromatic heterocycles. The molecule has 0 radical (unpaired) electrons. The summed E-state index contributed by atoms with van der Waals surface area (Å²) in [5.41, 5.74) is 8.07. The number of ether oxygens (including phenoxy) is 1. The van der Waals surface area contributed by atoms with Gasteiger partial charge in [0.15, 0.2) is 0 Å². The van der Waals surface area contributed by atoms with Gasteiger partial charge in [0.05, 0.1) is 0 Å². The molecule has 2 rings (SSSR count). The second-order valence-electron chi connectivity index (χ2n) is 4.65. The van der Waals surface area contributed by atoms with Crippen LogP contribution in [0.2, 0.25) is 5.02 Å². The van der Waals surface area contributed by atoms with Crippen molar-refractivity contribution in [3.05, 3.63) is 40.7 Å². The smallest absolute Gasteiger partial charge is 0.243 e. The SMILES string of the molecule is Cc1cc(Oc2ncnc(N)c2Cl)ccc1C(C)C. The van der Waals surface area contributed by atoms with Crippen molar-refractivity contribution in [1.82, 2.24) is 9.97 Å². The second-order valence-corrected chi connectivity index (χ2v) is 5.03. The topological polar surface area (TPSA) is 61.0 Å². The summed E-state index contributed by atoms with van der Waals surface area (Å²) in [4.78, 5) is 7.77. The van der Waals surface area contributed by atoms with Crippen molar-refractivity contribution in [2.75, 3.05) is 5.73 Å². The third-order valence-corrected chi connectivity index (χ3v) is 3.22. The van der Waals surface area contributed by atoms with E-state index in [9.17, 15) is 0 Å². The van der Waals surface area contributed by atoms with Crippen LogP contribution in [0.5, 0.6) is 11.6 Å². The lowest BCUT2D eigenvalue weighted by Gasteiger charge is -2.12. The maximum Gasteiger partial charge on any atom is 0.243 e. The molecule has 1 aromatic carbocycles. The van der Waals surface area contributed by atoms with E-state index in [1.165, 1.54) is 17.5 Å². The van der Waals surface area contributed by atoms with Crippen LogP contribution in [0.15, 0.2) is 24.5 Å². The Morgan fingerprint density at radius 3 is 2.63 bits per heavy atom. The average Bonchev–Trinajstić information content (AvgIpc) is 2.34. The number of halogens is 1. The van der Waals surface area contributed by atoms with Crippen LogP contribution in [0.4, 0.5) is 5.82 Å². The van der Waals surface area contributed by atoms with E-state index in [4.69, 9.17) is 22.1 Å². The molecule has 0 saturated carbocycles. The highest BCUT2D eigenvalue weighted by Gasteiger charge is 2.10. The summed E-state index contributed by atoms with van der Waals surface area (Å²) in [6.07, 6.45) is 1.33. The highest BCUT2D eigenvalue weighted by atomic mass is 35.5. The molecule has 100 valence electrons. The first-order valence-corrected chi connectivity index (χ1v) is 6.41. The highest BCUT2D eigenvalue weighted by molar-refractivity contribution is 6.34. The molecule has 1 heterocycles. The van der Waals surface area contributed by atoms with E-state index >= 15 is 0 Å². The zero-order valence-corrected chi connectivity index (χ0v) is 11.9. The second kappa shape index (κ2) is 5.45. The molecular formula is C14H16ClN3O. The van der Waals surface area contributed by atoms with Crippen LogP contribution < -0.4 is 10.5 Å². The van der Waals surface area contributed by atoms with E-state index in [1.807, 2.05) is 18.2 Å². The third-order valence-electron chi connectivity index (χ3n) is 2.86. The van der Waals surface area contributed by atoms with Crippen LogP contribution in [-0.4, -0.2) is 9.97 Å². The van der Waals surface area contributed by atoms with Gasteiger partial charge >= 0.3 is 0 Å². The normalized spacial score (nSPS) is 10.8. The summed E-state index contributed by atoms with van der Waals surface area (Å²) in [5.74, 6) is 1.64. The van der Waals surface area contributed by atoms with Gasteiger partial charge in [0.1, 0.15) is 22.9 Å². The van der Waals surface area contributed by atoms with Crippen LogP contribution in [-0.2, 0) is 0 Å². The predicted octanol–water partition coefficient (Wildman–Crippen LogP) is 3.94. The lowest BCUT2D eigenvalue weighted by atomic mass is 9.98. The molecule has 2 N–H and O–H groups in total. The number of aromatic nitrogens is 2. The van der Waals surface area contributed by atoms with Crippen LogP contribution in [0.3, 0.4) is 0 Å². The Bertz CT molecular complexity index is 599. The zero-order valence-electron chi connectivity index (χ0n) is 11.1. The first-order valence-electron chi connectivity index (χ1n) is 6.03. The van der Waals surface area contributed by atoms with E-state index in [0.717, 1.165) is 0 Å². The molecule has 0 amide bonds. The number of nitrogen functional groups attached to an aromatic ring is 1. The van der Waals surface area contributed by atoms with Gasteiger partial charge in [0.25, 0.3) is 0 Å². The lowest BCUT2D eigenvalue weighted by Crippen LogP contribution is -1.97. The van der Waals surface area contributed by atoms with Gasteiger partial charge in [-0.3, -0.25) is 0 Å². The lowest BCUT2D eigenvalue weighted by molar-refractivity contribution is 0.461. The van der Waals surface area contributed by atoms with Gasteiger partial charge < -0.3 is 10.5 Å². The third kappa shape index (κ3) is 2.96. The van der Waals surface area contributed by atoms with Gasteiger partial charge in [-0.1, -0.05) is 31.5 Å². The van der Waals surface area contributed by atoms with Crippen LogP contribution in [0, 0.1) is 6.92 Å². The number of anilines is 1. The summed E-state index contributed by atoms with van der Waals surface area (Å²) in [5, 5.41) is 0.230. The number of nitrogens with zero attached hydrogens (tertiary/aromatic N) is 2. The van der Waals surface area contributed by atoms with Crippen molar-refractivity contribution in [2.45, 2.75) is 26.7 Å². The number of benzene rings is 1. The van der Waals surface area contributed by atoms with Crippen molar-refractivity contribution in [2.24, 2.45) is 0 Å². The number of aryl methyl sites for hydroxylation is 1. The fourth-order valence-electron chi connectivity index (χ4n) is 1.91. The molecular weight excluding hydrogens is 262 g/mol. The van der Waals surface area contributed by atoms with E-state index in [-0.39, 0.29) is 16.7 Å². The quantitative estimate of drug-likeness (QED) is 0.923. The molecule has 19 heavy (non-hydrogen) atoms. The maximum absolute atomic E-state index is 5.99. The Balaban J connectivity index is 2.29. The molecule has 4 nitrogen and oxygen atoms in total. The highest BCUT2D eigenvalue weighted by Crippen LogP contribution is 2.31. The Hall–Kier alpha value is -1.81. The van der Waals surface area contributed by atoms with E-state index in [2.05, 4.69) is 30.7 Å². The molecule has 0 bridgehead atoms. The first-order chi connectivity index (χ1) is 8.99. The van der Waals surface area contributed by atoms with Gasteiger partial charge in [-0.25, -0.2) is 4.98 Å². The van der Waals surface area contributed by atoms with Gasteiger partial charge in [-0.05, 0) is 36.1 Å². The molecule has 0 unspecified atom stereocenters. The summed E-state index contributed by atoms with van der Waals surface area (Å²) >= 11 is 5.99. The molecule has 0 saturated heterocycles. The molecule has 0 aliphatic heterocycles. The van der Waals surface area contributed by atoms with E-state index < -0.39 is 0 Å². The molecule has 0 atom stereocenters. The Morgan fingerprint density at radius 1 is 1.26 bits per heavy atom. The van der Waals surface area contributed by atoms with Crippen LogP contribution in [0.1, 0.15) is 30.9 Å². The average molecular weight is 278 g/mol. The predicted molar refractivity (Wildman–Crippen MR) is 76.8 cm³/mol. The first kappa shape index (κ1) is 13.6. The molecule has 5 heteroatoms. The Morgan fingerprint density at radius 2 is 2.00 bits per heavy atom. The standard InChI is InChI=1S/C14H16ClN3O/c1-8(2)11-5-4-10(6-9(11)3)19-14-12(15)13(16)17-7-18-14/h4-8H,1-3H3,(H2,16,17,18). The number of hydrogen-bond donors (Lipinski definition) is 1. The molecule has 0 fully saturated rings. The summed E-state index contributed by atoms with van der Waals surface area (Å²) in [6.45, 7) is 6.37. The minimum absolute atomic E-state index is 0.210. The van der Waals surface area contributed by atoms with Crippen LogP contribution in [0.25, 0.3) is 0 Å². The number of rotatable bonds is 3. The van der Waals surface area contributed by atoms with Crippen molar-refractivity contribution < 1.29 is 4.74 Å². The maximum atomic E-state index is 5.99. The monoisotopic (exact) mass is 277 g/mol. The largest absolute Gasteiger partial charge is 0.437 e. The minimum atomic E-state index is 0.210. The van der Waals surface area contributed by atoms with Crippen molar-refractivity contribution in [1.29, 1.82) is 0 Å². The van der Waals surface area contributed by atoms with E-state index in [1.54, 1.807) is 0 Å². The molecule has 0 spiro atoms. The zero-order chi connectivity index (χ0) is 14.0. The van der Waals surface area contributed by atoms with Gasteiger partial charge in [-0.15, -0.1) is 0 Å². The van der Waals surface area contributed by atoms with Crippen LogP contribution >= 0.6 is 11.6 Å². The fourth-order valence-corrected chi connectivity index (χ4v) is 2.04. The summed E-state index contributed by atoms with van der Waals surface area (Å²) < 4.78 is 5.64. The van der Waals surface area contributed by atoms with E-state index in [0.29, 0.717) is 11.7 Å². The van der Waals surface area contributed by atoms with Gasteiger partial charge in [0.2, 0.25) is 5.88 Å². The summed E-state index contributed by atoms with van der Waals surface area (Å²) in [6, 6.07) is 5.91. The molecule has 0 aliphatic carbocycles. The van der Waals surface area contributed by atoms with Crippen molar-refractivity contribution in [3.63, 3.8) is 0 Å². The summed E-state index contributed by atoms with van der Waals surface area (Å²) in [7, 11) is 0. The Kier molecular flexibility index (Phi) is 3.90. The van der Waals surface area contributed by atoms with Crippen molar-refractivity contribution >= 4 is 17.4 Å². The number of nitrogens with two attached hydrogens (primary N) is 1. The number of hydrogen-bond acceptors (Lipinski definition) is 4. The molecule has 0 aliphatic rings. The Labute approximate surface area is 117 Å². The molecule has 2 aromatic rings. The minimum Gasteiger partial charge on any atom is -0.437 e. The van der Waals surface area contributed by atoms with Crippen molar-refractivity contribution in [3.8, 4) is 11.6 Å². The van der Waals surface area contributed by atoms with Gasteiger partial charge in [0, 0.05) is 0 Å².